The molecular weight excluding hydrogens is 334 g/mol. The van der Waals surface area contributed by atoms with Gasteiger partial charge in [0, 0.05) is 29.9 Å². The molecule has 26 heavy (non-hydrogen) atoms. The largest absolute Gasteiger partial charge is 0.484 e. The first-order valence-corrected chi connectivity index (χ1v) is 8.26. The second-order valence-electron chi connectivity index (χ2n) is 5.92. The monoisotopic (exact) mass is 353 g/mol. The van der Waals surface area contributed by atoms with Gasteiger partial charge in [-0.3, -0.25) is 14.4 Å². The molecule has 0 bridgehead atoms. The van der Waals surface area contributed by atoms with Crippen molar-refractivity contribution in [2.24, 2.45) is 5.73 Å². The fourth-order valence-corrected chi connectivity index (χ4v) is 2.71. The molecular formula is C19H19N3O4. The molecule has 0 atom stereocenters. The zero-order chi connectivity index (χ0) is 18.5. The van der Waals surface area contributed by atoms with Crippen LogP contribution in [0.4, 0.5) is 11.4 Å². The van der Waals surface area contributed by atoms with Crippen LogP contribution >= 0.6 is 0 Å². The van der Waals surface area contributed by atoms with Crippen LogP contribution in [0.25, 0.3) is 0 Å². The first-order valence-electron chi connectivity index (χ1n) is 8.26. The molecule has 0 aliphatic carbocycles. The molecule has 0 aromatic heterocycles. The number of primary amides is 1. The van der Waals surface area contributed by atoms with E-state index >= 15 is 0 Å². The van der Waals surface area contributed by atoms with Crippen LogP contribution in [0.15, 0.2) is 48.5 Å². The predicted octanol–water partition coefficient (Wildman–Crippen LogP) is 1.93. The number of benzene rings is 2. The second kappa shape index (κ2) is 7.69. The van der Waals surface area contributed by atoms with Gasteiger partial charge in [-0.1, -0.05) is 0 Å². The van der Waals surface area contributed by atoms with Crippen LogP contribution in [-0.2, 0) is 9.59 Å². The molecule has 1 aliphatic rings. The maximum absolute atomic E-state index is 11.9. The molecule has 0 radical (unpaired) electrons. The molecule has 0 saturated carbocycles. The molecule has 1 aliphatic heterocycles. The van der Waals surface area contributed by atoms with Crippen molar-refractivity contribution >= 4 is 29.1 Å². The van der Waals surface area contributed by atoms with Gasteiger partial charge >= 0.3 is 0 Å². The number of carbonyl (C=O) groups excluding carboxylic acids is 3. The van der Waals surface area contributed by atoms with E-state index in [2.05, 4.69) is 5.32 Å². The van der Waals surface area contributed by atoms with E-state index in [4.69, 9.17) is 10.5 Å². The van der Waals surface area contributed by atoms with Crippen molar-refractivity contribution in [2.45, 2.75) is 12.8 Å². The summed E-state index contributed by atoms with van der Waals surface area (Å²) < 4.78 is 5.46. The lowest BCUT2D eigenvalue weighted by Crippen LogP contribution is -2.23. The zero-order valence-corrected chi connectivity index (χ0v) is 14.1. The molecule has 3 N–H and O–H groups in total. The van der Waals surface area contributed by atoms with Crippen molar-refractivity contribution in [3.8, 4) is 5.75 Å². The third-order valence-electron chi connectivity index (χ3n) is 4.04. The van der Waals surface area contributed by atoms with E-state index in [1.165, 1.54) is 12.1 Å². The van der Waals surface area contributed by atoms with Gasteiger partial charge in [-0.15, -0.1) is 0 Å². The average Bonchev–Trinajstić information content (AvgIpc) is 3.07. The fourth-order valence-electron chi connectivity index (χ4n) is 2.71. The normalized spacial score (nSPS) is 13.5. The SMILES string of the molecule is NC(=O)c1ccc(NC(=O)COc2ccc(N3CCCC3=O)cc2)cc1. The summed E-state index contributed by atoms with van der Waals surface area (Å²) >= 11 is 0. The summed E-state index contributed by atoms with van der Waals surface area (Å²) in [7, 11) is 0. The van der Waals surface area contributed by atoms with Gasteiger partial charge < -0.3 is 20.7 Å². The Labute approximate surface area is 150 Å². The summed E-state index contributed by atoms with van der Waals surface area (Å²) in [5.41, 5.74) is 6.92. The van der Waals surface area contributed by atoms with Gasteiger partial charge in [0.1, 0.15) is 5.75 Å². The van der Waals surface area contributed by atoms with Gasteiger partial charge in [0.25, 0.3) is 5.91 Å². The Balaban J connectivity index is 1.51. The number of nitrogens with zero attached hydrogens (tertiary/aromatic N) is 1. The Kier molecular flexibility index (Phi) is 5.17. The molecule has 3 rings (SSSR count). The number of anilines is 2. The van der Waals surface area contributed by atoms with Gasteiger partial charge in [-0.05, 0) is 55.0 Å². The van der Waals surface area contributed by atoms with E-state index < -0.39 is 5.91 Å². The first-order chi connectivity index (χ1) is 12.5. The highest BCUT2D eigenvalue weighted by Crippen LogP contribution is 2.23. The quantitative estimate of drug-likeness (QED) is 0.828. The van der Waals surface area contributed by atoms with Crippen LogP contribution in [0.2, 0.25) is 0 Å². The molecule has 2 aromatic carbocycles. The minimum absolute atomic E-state index is 0.125. The number of amides is 3. The number of carbonyl (C=O) groups is 3. The van der Waals surface area contributed by atoms with Gasteiger partial charge in [0.15, 0.2) is 6.61 Å². The summed E-state index contributed by atoms with van der Waals surface area (Å²) in [6.07, 6.45) is 1.45. The van der Waals surface area contributed by atoms with Crippen LogP contribution in [0.3, 0.4) is 0 Å². The average molecular weight is 353 g/mol. The molecule has 7 nitrogen and oxygen atoms in total. The zero-order valence-electron chi connectivity index (χ0n) is 14.1. The molecule has 1 heterocycles. The van der Waals surface area contributed by atoms with E-state index in [9.17, 15) is 14.4 Å². The smallest absolute Gasteiger partial charge is 0.262 e. The van der Waals surface area contributed by atoms with Gasteiger partial charge in [0.2, 0.25) is 11.8 Å². The van der Waals surface area contributed by atoms with Crippen molar-refractivity contribution in [3.63, 3.8) is 0 Å². The Morgan fingerprint density at radius 1 is 1.08 bits per heavy atom. The Morgan fingerprint density at radius 2 is 1.77 bits per heavy atom. The van der Waals surface area contributed by atoms with E-state index in [0.29, 0.717) is 23.4 Å². The molecule has 2 aromatic rings. The van der Waals surface area contributed by atoms with E-state index in [0.717, 1.165) is 18.7 Å². The van der Waals surface area contributed by atoms with Crippen LogP contribution in [0.5, 0.6) is 5.75 Å². The summed E-state index contributed by atoms with van der Waals surface area (Å²) in [5.74, 6) is -0.180. The Morgan fingerprint density at radius 3 is 2.35 bits per heavy atom. The summed E-state index contributed by atoms with van der Waals surface area (Å²) in [6.45, 7) is 0.579. The maximum atomic E-state index is 11.9. The first kappa shape index (κ1) is 17.5. The highest BCUT2D eigenvalue weighted by Gasteiger charge is 2.21. The third-order valence-corrected chi connectivity index (χ3v) is 4.04. The van der Waals surface area contributed by atoms with Gasteiger partial charge in [-0.2, -0.15) is 0 Å². The standard InChI is InChI=1S/C19H19N3O4/c20-19(25)13-3-5-14(6-4-13)21-17(23)12-26-16-9-7-15(8-10-16)22-11-1-2-18(22)24/h3-10H,1-2,11-12H2,(H2,20,25)(H,21,23). The lowest BCUT2D eigenvalue weighted by molar-refractivity contribution is -0.118. The number of nitrogens with two attached hydrogens (primary N) is 1. The molecule has 0 spiro atoms. The number of nitrogens with one attached hydrogen (secondary N) is 1. The molecule has 134 valence electrons. The lowest BCUT2D eigenvalue weighted by atomic mass is 10.2. The summed E-state index contributed by atoms with van der Waals surface area (Å²) in [4.78, 5) is 36.4. The number of ether oxygens (including phenoxy) is 1. The predicted molar refractivity (Wildman–Crippen MR) is 97.1 cm³/mol. The third kappa shape index (κ3) is 4.18. The number of rotatable bonds is 6. The lowest BCUT2D eigenvalue weighted by Gasteiger charge is -2.16. The van der Waals surface area contributed by atoms with E-state index in [1.807, 2.05) is 0 Å². The van der Waals surface area contributed by atoms with Gasteiger partial charge in [-0.25, -0.2) is 0 Å². The van der Waals surface area contributed by atoms with E-state index in [1.54, 1.807) is 41.3 Å². The van der Waals surface area contributed by atoms with Crippen molar-refractivity contribution in [1.29, 1.82) is 0 Å². The Hall–Kier alpha value is -3.35. The molecule has 7 heteroatoms. The maximum Gasteiger partial charge on any atom is 0.262 e. The molecule has 1 saturated heterocycles. The highest BCUT2D eigenvalue weighted by molar-refractivity contribution is 5.96. The minimum Gasteiger partial charge on any atom is -0.484 e. The molecule has 3 amide bonds. The van der Waals surface area contributed by atoms with Crippen molar-refractivity contribution in [3.05, 3.63) is 54.1 Å². The van der Waals surface area contributed by atoms with Crippen LogP contribution in [0, 0.1) is 0 Å². The van der Waals surface area contributed by atoms with E-state index in [-0.39, 0.29) is 18.4 Å². The van der Waals surface area contributed by atoms with Gasteiger partial charge in [0.05, 0.1) is 0 Å². The van der Waals surface area contributed by atoms with Crippen LogP contribution < -0.4 is 20.7 Å². The number of hydrogen-bond acceptors (Lipinski definition) is 4. The van der Waals surface area contributed by atoms with Crippen molar-refractivity contribution in [2.75, 3.05) is 23.4 Å². The topological polar surface area (TPSA) is 102 Å². The summed E-state index contributed by atoms with van der Waals surface area (Å²) in [5, 5.41) is 2.67. The fraction of sp³-hybridized carbons (Fsp3) is 0.211. The van der Waals surface area contributed by atoms with Crippen LogP contribution in [-0.4, -0.2) is 30.9 Å². The van der Waals surface area contributed by atoms with Crippen molar-refractivity contribution in [1.82, 2.24) is 0 Å². The Bertz CT molecular complexity index is 816. The van der Waals surface area contributed by atoms with Crippen LogP contribution in [0.1, 0.15) is 23.2 Å². The summed E-state index contributed by atoms with van der Waals surface area (Å²) in [6, 6.07) is 13.3. The number of hydrogen-bond donors (Lipinski definition) is 2. The van der Waals surface area contributed by atoms with Crippen molar-refractivity contribution < 1.29 is 19.1 Å². The minimum atomic E-state index is -0.523. The highest BCUT2D eigenvalue weighted by atomic mass is 16.5. The second-order valence-corrected chi connectivity index (χ2v) is 5.92. The molecule has 1 fully saturated rings. The molecule has 0 unspecified atom stereocenters.